The molecule has 1 fully saturated rings. The fourth-order valence-electron chi connectivity index (χ4n) is 4.11. The molecule has 1 aliphatic rings. The van der Waals surface area contributed by atoms with Crippen molar-refractivity contribution in [1.82, 2.24) is 20.5 Å². The SMILES string of the molecule is CC[C@H](C)Nc1cc(C(=O)N[C@@H](Cc2ccccc2)C(O)C2NCCN(C)C2=O)cc(N(C)S(C)(=O)=O)n1.Cl. The lowest BCUT2D eigenvalue weighted by atomic mass is 9.94. The normalized spacial score (nSPS) is 17.9. The summed E-state index contributed by atoms with van der Waals surface area (Å²) < 4.78 is 25.4. The van der Waals surface area contributed by atoms with Gasteiger partial charge in [0, 0.05) is 38.8 Å². The average molecular weight is 583 g/mol. The van der Waals surface area contributed by atoms with Gasteiger partial charge in [-0.2, -0.15) is 0 Å². The number of pyridine rings is 1. The van der Waals surface area contributed by atoms with Gasteiger partial charge >= 0.3 is 0 Å². The maximum atomic E-state index is 13.5. The number of aromatic nitrogens is 1. The number of rotatable bonds is 11. The van der Waals surface area contributed by atoms with Gasteiger partial charge in [0.05, 0.1) is 18.4 Å². The molecule has 4 atom stereocenters. The lowest BCUT2D eigenvalue weighted by Gasteiger charge is -2.36. The van der Waals surface area contributed by atoms with Crippen LogP contribution in [0.3, 0.4) is 0 Å². The number of benzene rings is 1. The van der Waals surface area contributed by atoms with Gasteiger partial charge < -0.3 is 26.0 Å². The van der Waals surface area contributed by atoms with Crippen molar-refractivity contribution in [3.8, 4) is 0 Å². The van der Waals surface area contributed by atoms with E-state index < -0.39 is 34.1 Å². The highest BCUT2D eigenvalue weighted by Gasteiger charge is 2.37. The molecule has 2 aromatic rings. The molecule has 4 N–H and O–H groups in total. The second kappa shape index (κ2) is 13.9. The van der Waals surface area contributed by atoms with Gasteiger partial charge in [-0.25, -0.2) is 13.4 Å². The smallest absolute Gasteiger partial charge is 0.251 e. The van der Waals surface area contributed by atoms with Crippen molar-refractivity contribution in [3.63, 3.8) is 0 Å². The minimum Gasteiger partial charge on any atom is -0.389 e. The summed E-state index contributed by atoms with van der Waals surface area (Å²) in [5, 5.41) is 20.4. The highest BCUT2D eigenvalue weighted by molar-refractivity contribution is 7.92. The summed E-state index contributed by atoms with van der Waals surface area (Å²) in [6, 6.07) is 10.6. The maximum Gasteiger partial charge on any atom is 0.251 e. The molecule has 2 unspecified atom stereocenters. The Balaban J connectivity index is 0.00000533. The van der Waals surface area contributed by atoms with Crippen molar-refractivity contribution in [3.05, 3.63) is 53.6 Å². The van der Waals surface area contributed by atoms with E-state index in [1.807, 2.05) is 44.2 Å². The number of carbonyl (C=O) groups excluding carboxylic acids is 2. The monoisotopic (exact) mass is 582 g/mol. The first kappa shape index (κ1) is 32.3. The second-order valence-corrected chi connectivity index (χ2v) is 11.7. The molecule has 2 heterocycles. The van der Waals surface area contributed by atoms with Crippen LogP contribution in [0, 0.1) is 0 Å². The molecule has 0 radical (unpaired) electrons. The number of carbonyl (C=O) groups is 2. The Morgan fingerprint density at radius 3 is 2.56 bits per heavy atom. The summed E-state index contributed by atoms with van der Waals surface area (Å²) in [5.41, 5.74) is 1.04. The van der Waals surface area contributed by atoms with Crippen LogP contribution >= 0.6 is 12.4 Å². The summed E-state index contributed by atoms with van der Waals surface area (Å²) >= 11 is 0. The second-order valence-electron chi connectivity index (χ2n) is 9.74. The Morgan fingerprint density at radius 1 is 1.28 bits per heavy atom. The molecule has 0 bridgehead atoms. The maximum absolute atomic E-state index is 13.5. The van der Waals surface area contributed by atoms with Gasteiger partial charge in [0.25, 0.3) is 5.91 Å². The van der Waals surface area contributed by atoms with Crippen LogP contribution in [0.25, 0.3) is 0 Å². The van der Waals surface area contributed by atoms with Crippen molar-refractivity contribution >= 4 is 45.9 Å². The fraction of sp³-hybridized carbons (Fsp3) is 0.500. The zero-order valence-corrected chi connectivity index (χ0v) is 24.6. The number of aliphatic hydroxyl groups excluding tert-OH is 1. The Bertz CT molecular complexity index is 1230. The van der Waals surface area contributed by atoms with Crippen molar-refractivity contribution in [1.29, 1.82) is 0 Å². The van der Waals surface area contributed by atoms with E-state index >= 15 is 0 Å². The topological polar surface area (TPSA) is 144 Å². The van der Waals surface area contributed by atoms with E-state index in [0.29, 0.717) is 18.9 Å². The largest absolute Gasteiger partial charge is 0.389 e. The Labute approximate surface area is 236 Å². The third-order valence-electron chi connectivity index (χ3n) is 6.72. The number of hydrogen-bond donors (Lipinski definition) is 4. The van der Waals surface area contributed by atoms with E-state index in [1.54, 1.807) is 18.0 Å². The quantitative estimate of drug-likeness (QED) is 0.310. The minimum atomic E-state index is -3.63. The lowest BCUT2D eigenvalue weighted by Crippen LogP contribution is -2.63. The van der Waals surface area contributed by atoms with E-state index in [2.05, 4.69) is 20.9 Å². The van der Waals surface area contributed by atoms with E-state index in [0.717, 1.165) is 22.5 Å². The summed E-state index contributed by atoms with van der Waals surface area (Å²) in [6.45, 7) is 4.99. The van der Waals surface area contributed by atoms with Gasteiger partial charge in [-0.1, -0.05) is 37.3 Å². The molecule has 0 saturated carbocycles. The highest BCUT2D eigenvalue weighted by atomic mass is 35.5. The van der Waals surface area contributed by atoms with E-state index in [9.17, 15) is 23.1 Å². The third-order valence-corrected chi connectivity index (χ3v) is 7.91. The van der Waals surface area contributed by atoms with Gasteiger partial charge in [0.15, 0.2) is 0 Å². The summed E-state index contributed by atoms with van der Waals surface area (Å²) in [5.74, 6) is -0.350. The molecule has 2 amide bonds. The van der Waals surface area contributed by atoms with Crippen LogP contribution in [0.5, 0.6) is 0 Å². The molecule has 1 aromatic heterocycles. The first-order valence-electron chi connectivity index (χ1n) is 12.6. The first-order valence-corrected chi connectivity index (χ1v) is 14.5. The van der Waals surface area contributed by atoms with Crippen LogP contribution in [0.1, 0.15) is 36.2 Å². The summed E-state index contributed by atoms with van der Waals surface area (Å²) in [4.78, 5) is 32.3. The molecule has 11 nitrogen and oxygen atoms in total. The Kier molecular flexibility index (Phi) is 11.5. The summed E-state index contributed by atoms with van der Waals surface area (Å²) in [7, 11) is -0.588. The van der Waals surface area contributed by atoms with Crippen LogP contribution in [-0.2, 0) is 21.2 Å². The molecular formula is C26H39ClN6O5S. The fourth-order valence-corrected chi connectivity index (χ4v) is 4.54. The van der Waals surface area contributed by atoms with E-state index in [1.165, 1.54) is 13.1 Å². The highest BCUT2D eigenvalue weighted by Crippen LogP contribution is 2.21. The van der Waals surface area contributed by atoms with Crippen molar-refractivity contribution in [2.45, 2.75) is 50.9 Å². The van der Waals surface area contributed by atoms with Gasteiger partial charge in [-0.05, 0) is 37.5 Å². The van der Waals surface area contributed by atoms with Gasteiger partial charge in [0.1, 0.15) is 17.7 Å². The van der Waals surface area contributed by atoms with Crippen LogP contribution in [-0.4, -0.2) is 92.9 Å². The average Bonchev–Trinajstić information content (AvgIpc) is 2.88. The minimum absolute atomic E-state index is 0. The zero-order chi connectivity index (χ0) is 28.0. The standard InChI is InChI=1S/C26H38N6O5S.ClH/c1-6-17(2)28-21-15-19(16-22(30-21)32(4)38(5,36)37)25(34)29-20(14-18-10-8-7-9-11-18)24(33)23-26(35)31(3)13-12-27-23;/h7-11,15-17,20,23-24,27,33H,6,12-14H2,1-5H3,(H,28,30)(H,29,34);1H/t17-,20-,23?,24?;/m0./s1. The molecular weight excluding hydrogens is 544 g/mol. The number of anilines is 2. The van der Waals surface area contributed by atoms with Crippen molar-refractivity contribution in [2.75, 3.05) is 43.1 Å². The summed E-state index contributed by atoms with van der Waals surface area (Å²) in [6.07, 6.45) is 0.910. The Morgan fingerprint density at radius 2 is 1.95 bits per heavy atom. The van der Waals surface area contributed by atoms with Gasteiger partial charge in [0.2, 0.25) is 15.9 Å². The van der Waals surface area contributed by atoms with Gasteiger partial charge in [-0.3, -0.25) is 13.9 Å². The molecule has 0 aliphatic carbocycles. The van der Waals surface area contributed by atoms with Crippen LogP contribution in [0.4, 0.5) is 11.6 Å². The number of sulfonamides is 1. The number of likely N-dealkylation sites (N-methyl/N-ethyl adjacent to an activating group) is 1. The predicted molar refractivity (Wildman–Crippen MR) is 155 cm³/mol. The molecule has 3 rings (SSSR count). The van der Waals surface area contributed by atoms with Crippen LogP contribution < -0.4 is 20.3 Å². The molecule has 0 spiro atoms. The van der Waals surface area contributed by atoms with E-state index in [4.69, 9.17) is 0 Å². The molecule has 13 heteroatoms. The Hall–Kier alpha value is -2.93. The van der Waals surface area contributed by atoms with Crippen LogP contribution in [0.2, 0.25) is 0 Å². The molecule has 1 aliphatic heterocycles. The zero-order valence-electron chi connectivity index (χ0n) is 22.9. The number of nitrogens with zero attached hydrogens (tertiary/aromatic N) is 3. The number of nitrogens with one attached hydrogen (secondary N) is 3. The number of piperazine rings is 1. The number of amides is 2. The molecule has 1 aromatic carbocycles. The number of hydrogen-bond acceptors (Lipinski definition) is 8. The van der Waals surface area contributed by atoms with Gasteiger partial charge in [-0.15, -0.1) is 12.4 Å². The third kappa shape index (κ3) is 8.53. The predicted octanol–water partition coefficient (Wildman–Crippen LogP) is 1.24. The van der Waals surface area contributed by atoms with Crippen LogP contribution in [0.15, 0.2) is 42.5 Å². The number of halogens is 1. The molecule has 216 valence electrons. The lowest BCUT2D eigenvalue weighted by molar-refractivity contribution is -0.138. The molecule has 1 saturated heterocycles. The van der Waals surface area contributed by atoms with Crippen molar-refractivity contribution in [2.24, 2.45) is 0 Å². The number of aliphatic hydroxyl groups is 1. The van der Waals surface area contributed by atoms with E-state index in [-0.39, 0.29) is 42.2 Å². The van der Waals surface area contributed by atoms with Crippen molar-refractivity contribution < 1.29 is 23.1 Å². The molecule has 39 heavy (non-hydrogen) atoms. The first-order chi connectivity index (χ1) is 17.9.